The molecular weight excluding hydrogens is 749 g/mol. The fourth-order valence-corrected chi connectivity index (χ4v) is 9.02. The predicted molar refractivity (Wildman–Crippen MR) is 262 cm³/mol. The molecule has 62 heavy (non-hydrogen) atoms. The maximum absolute atomic E-state index is 10.0. The van der Waals surface area contributed by atoms with E-state index in [1.165, 1.54) is 0 Å². The molecule has 0 spiro atoms. The molecule has 0 radical (unpaired) electrons. The zero-order valence-electron chi connectivity index (χ0n) is 40.4. The summed E-state index contributed by atoms with van der Waals surface area (Å²) in [5.41, 5.74) is 12.9. The van der Waals surface area contributed by atoms with Gasteiger partial charge in [0.25, 0.3) is 0 Å². The van der Waals surface area contributed by atoms with Crippen molar-refractivity contribution in [2.24, 2.45) is 0 Å². The van der Waals surface area contributed by atoms with Crippen LogP contribution in [0.25, 0.3) is 111 Å². The molecule has 290 valence electrons. The second-order valence-electron chi connectivity index (χ2n) is 15.6. The highest BCUT2D eigenvalue weighted by atomic mass is 15.0. The Kier molecular flexibility index (Phi) is 6.95. The highest BCUT2D eigenvalue weighted by Crippen LogP contribution is 2.42. The molecular formula is C60H40N2. The van der Waals surface area contributed by atoms with Crippen LogP contribution in [0.1, 0.15) is 9.60 Å². The zero-order valence-corrected chi connectivity index (χ0v) is 33.4. The average Bonchev–Trinajstić information content (AvgIpc) is 3.94. The molecule has 12 aromatic rings. The van der Waals surface area contributed by atoms with Crippen molar-refractivity contribution < 1.29 is 9.60 Å². The van der Waals surface area contributed by atoms with Crippen LogP contribution in [0.2, 0.25) is 0 Å². The molecule has 0 unspecified atom stereocenters. The van der Waals surface area contributed by atoms with Crippen molar-refractivity contribution in [1.82, 2.24) is 9.13 Å². The first kappa shape index (κ1) is 29.1. The van der Waals surface area contributed by atoms with E-state index in [0.29, 0.717) is 11.3 Å². The lowest BCUT2D eigenvalue weighted by molar-refractivity contribution is 1.18. The van der Waals surface area contributed by atoms with E-state index >= 15 is 0 Å². The number of hydrogen-bond donors (Lipinski definition) is 0. The normalized spacial score (nSPS) is 13.1. The molecule has 2 heterocycles. The second kappa shape index (κ2) is 14.8. The fourth-order valence-electron chi connectivity index (χ4n) is 9.02. The standard InChI is InChI=1S/C60H40N2/c1-4-14-41(15-5-1)44-26-28-46(29-27-44)52-23-13-25-59-60(52)55-40-49(33-37-58(55)62(59)51-21-12-20-47(38-51)43-18-8-3-9-19-43)48-32-36-57-54(39-48)53-22-10-11-24-56(53)61(57)50-34-30-45(31-35-50)42-16-6-2-7-17-42/h1-40H/i10D,11D,22D,24D,32D,36D,39D. The van der Waals surface area contributed by atoms with Crippen LogP contribution in [0.5, 0.6) is 0 Å². The lowest BCUT2D eigenvalue weighted by Gasteiger charge is -2.11. The van der Waals surface area contributed by atoms with Crippen molar-refractivity contribution in [1.29, 1.82) is 0 Å². The molecule has 0 aliphatic rings. The van der Waals surface area contributed by atoms with Crippen molar-refractivity contribution >= 4 is 43.6 Å². The summed E-state index contributed by atoms with van der Waals surface area (Å²) in [6.07, 6.45) is 0. The first-order valence-corrected chi connectivity index (χ1v) is 20.8. The summed E-state index contributed by atoms with van der Waals surface area (Å²) in [5.74, 6) is 0. The molecule has 2 heteroatoms. The average molecular weight is 796 g/mol. The Balaban J connectivity index is 1.11. The van der Waals surface area contributed by atoms with Gasteiger partial charge in [-0.3, -0.25) is 0 Å². The number of aromatic nitrogens is 2. The van der Waals surface area contributed by atoms with E-state index in [-0.39, 0.29) is 57.6 Å². The Bertz CT molecular complexity index is 3990. The molecule has 2 nitrogen and oxygen atoms in total. The van der Waals surface area contributed by atoms with Gasteiger partial charge in [0.15, 0.2) is 0 Å². The van der Waals surface area contributed by atoms with Crippen molar-refractivity contribution in [2.75, 3.05) is 0 Å². The highest BCUT2D eigenvalue weighted by Gasteiger charge is 2.19. The van der Waals surface area contributed by atoms with Crippen molar-refractivity contribution in [3.05, 3.63) is 242 Å². The van der Waals surface area contributed by atoms with E-state index in [9.17, 15) is 6.85 Å². The van der Waals surface area contributed by atoms with Gasteiger partial charge in [0, 0.05) is 32.9 Å². The smallest absolute Gasteiger partial charge is 0.0645 e. The molecule has 0 fully saturated rings. The summed E-state index contributed by atoms with van der Waals surface area (Å²) in [6, 6.07) is 65.6. The fraction of sp³-hybridized carbons (Fsp3) is 0. The van der Waals surface area contributed by atoms with Gasteiger partial charge >= 0.3 is 0 Å². The lowest BCUT2D eigenvalue weighted by Crippen LogP contribution is -1.94. The SMILES string of the molecule is [2H]c1c([2H])c([2H])c2c(c1[2H])c1c([2H])c(-c3ccc4c(c3)c3c(-c5ccc(-c6ccccc6)cc5)cccc3n4-c3cccc(-c4ccccc4)c3)c([2H])c([2H])c1n2-c1ccc(-c2ccccc2)cc1. The van der Waals surface area contributed by atoms with Gasteiger partial charge in [-0.25, -0.2) is 0 Å². The Hall–Kier alpha value is -8.20. The summed E-state index contributed by atoms with van der Waals surface area (Å²) in [4.78, 5) is 0. The van der Waals surface area contributed by atoms with Gasteiger partial charge in [-0.05, 0) is 116 Å². The second-order valence-corrected chi connectivity index (χ2v) is 15.6. The Morgan fingerprint density at radius 2 is 0.823 bits per heavy atom. The third-order valence-electron chi connectivity index (χ3n) is 12.0. The molecule has 2 aromatic heterocycles. The number of nitrogens with zero attached hydrogens (tertiary/aromatic N) is 2. The molecule has 0 aliphatic heterocycles. The van der Waals surface area contributed by atoms with Crippen LogP contribution >= 0.6 is 0 Å². The molecule has 0 aliphatic carbocycles. The summed E-state index contributed by atoms with van der Waals surface area (Å²) < 4.78 is 69.3. The Labute approximate surface area is 370 Å². The lowest BCUT2D eigenvalue weighted by atomic mass is 9.95. The van der Waals surface area contributed by atoms with Crippen LogP contribution in [-0.2, 0) is 0 Å². The summed E-state index contributed by atoms with van der Waals surface area (Å²) in [5, 5.41) is 2.21. The molecule has 10 aromatic carbocycles. The number of hydrogen-bond acceptors (Lipinski definition) is 0. The van der Waals surface area contributed by atoms with Gasteiger partial charge in [0.1, 0.15) is 0 Å². The van der Waals surface area contributed by atoms with Crippen LogP contribution in [0.15, 0.2) is 242 Å². The summed E-state index contributed by atoms with van der Waals surface area (Å²) in [7, 11) is 0. The zero-order chi connectivity index (χ0) is 47.1. The largest absolute Gasteiger partial charge is 0.309 e. The van der Waals surface area contributed by atoms with E-state index in [0.717, 1.165) is 72.0 Å². The van der Waals surface area contributed by atoms with Crippen molar-refractivity contribution in [2.45, 2.75) is 0 Å². The molecule has 0 saturated carbocycles. The molecule has 0 bridgehead atoms. The van der Waals surface area contributed by atoms with Gasteiger partial charge in [0.2, 0.25) is 0 Å². The number of benzene rings is 10. The van der Waals surface area contributed by atoms with Gasteiger partial charge in [0.05, 0.1) is 31.7 Å². The molecule has 0 N–H and O–H groups in total. The van der Waals surface area contributed by atoms with Crippen LogP contribution in [0.4, 0.5) is 0 Å². The molecule has 0 saturated heterocycles. The first-order chi connectivity index (χ1) is 33.7. The Morgan fingerprint density at radius 3 is 1.53 bits per heavy atom. The maximum atomic E-state index is 10.0. The molecule has 0 atom stereocenters. The topological polar surface area (TPSA) is 9.86 Å². The maximum Gasteiger partial charge on any atom is 0.0645 e. The molecule has 12 rings (SSSR count). The minimum Gasteiger partial charge on any atom is -0.309 e. The monoisotopic (exact) mass is 795 g/mol. The minimum absolute atomic E-state index is 0.0870. The van der Waals surface area contributed by atoms with E-state index in [1.807, 2.05) is 109 Å². The third kappa shape index (κ3) is 6.04. The van der Waals surface area contributed by atoms with Crippen LogP contribution < -0.4 is 0 Å². The quantitative estimate of drug-likeness (QED) is 0.152. The number of rotatable bonds is 7. The van der Waals surface area contributed by atoms with Crippen LogP contribution in [0, 0.1) is 0 Å². The van der Waals surface area contributed by atoms with Crippen molar-refractivity contribution in [3.8, 4) is 67.0 Å². The van der Waals surface area contributed by atoms with E-state index in [1.54, 1.807) is 4.57 Å². The van der Waals surface area contributed by atoms with Crippen LogP contribution in [-0.4, -0.2) is 9.13 Å². The van der Waals surface area contributed by atoms with Crippen molar-refractivity contribution in [3.63, 3.8) is 0 Å². The van der Waals surface area contributed by atoms with E-state index in [4.69, 9.17) is 2.74 Å². The van der Waals surface area contributed by atoms with Gasteiger partial charge < -0.3 is 9.13 Å². The first-order valence-electron chi connectivity index (χ1n) is 24.3. The van der Waals surface area contributed by atoms with E-state index < -0.39 is 12.1 Å². The number of para-hydroxylation sites is 1. The summed E-state index contributed by atoms with van der Waals surface area (Å²) in [6.45, 7) is 0. The van der Waals surface area contributed by atoms with E-state index in [2.05, 4.69) is 95.6 Å². The highest BCUT2D eigenvalue weighted by molar-refractivity contribution is 6.17. The third-order valence-corrected chi connectivity index (χ3v) is 12.0. The van der Waals surface area contributed by atoms with Gasteiger partial charge in [-0.15, -0.1) is 0 Å². The number of fused-ring (bicyclic) bond motifs is 6. The van der Waals surface area contributed by atoms with Gasteiger partial charge in [-0.1, -0.05) is 182 Å². The minimum atomic E-state index is -0.428. The van der Waals surface area contributed by atoms with Gasteiger partial charge in [-0.2, -0.15) is 0 Å². The predicted octanol–water partition coefficient (Wildman–Crippen LogP) is 16.2. The molecule has 0 amide bonds. The Morgan fingerprint density at radius 1 is 0.290 bits per heavy atom. The van der Waals surface area contributed by atoms with Crippen LogP contribution in [0.3, 0.4) is 0 Å². The summed E-state index contributed by atoms with van der Waals surface area (Å²) >= 11 is 0.